The van der Waals surface area contributed by atoms with Gasteiger partial charge in [0, 0.05) is 0 Å². The quantitative estimate of drug-likeness (QED) is 0.786. The number of nitrogens with two attached hydrogens (primary N) is 1. The summed E-state index contributed by atoms with van der Waals surface area (Å²) in [5, 5.41) is 8.57. The standard InChI is InChI=1S/C17H19N5O.ClH/c1-12-14(11-19-22(12)13-7-3-2-4-8-13)15-20-16(21-23-15)17(18)9-5-6-10-17;/h2-4,7-8,11H,5-6,9-10,18H2,1H3;1H. The molecular weight excluding hydrogens is 326 g/mol. The normalized spacial score (nSPS) is 16.1. The van der Waals surface area contributed by atoms with Gasteiger partial charge in [0.2, 0.25) is 0 Å². The van der Waals surface area contributed by atoms with Gasteiger partial charge in [0.25, 0.3) is 5.89 Å². The fourth-order valence-electron chi connectivity index (χ4n) is 3.21. The van der Waals surface area contributed by atoms with Gasteiger partial charge >= 0.3 is 0 Å². The second-order valence-corrected chi connectivity index (χ2v) is 6.18. The van der Waals surface area contributed by atoms with Crippen LogP contribution in [0.5, 0.6) is 0 Å². The highest BCUT2D eigenvalue weighted by molar-refractivity contribution is 5.85. The Morgan fingerprint density at radius 1 is 1.17 bits per heavy atom. The third kappa shape index (κ3) is 2.72. The smallest absolute Gasteiger partial charge is 0.261 e. The maximum atomic E-state index is 6.40. The Hall–Kier alpha value is -2.18. The summed E-state index contributed by atoms with van der Waals surface area (Å²) in [5.74, 6) is 1.09. The SMILES string of the molecule is Cc1c(-c2nc(C3(N)CCCC3)no2)cnn1-c1ccccc1.Cl. The van der Waals surface area contributed by atoms with Gasteiger partial charge < -0.3 is 10.3 Å². The Morgan fingerprint density at radius 2 is 1.88 bits per heavy atom. The molecule has 1 aromatic carbocycles. The molecule has 0 amide bonds. The number of para-hydroxylation sites is 1. The summed E-state index contributed by atoms with van der Waals surface area (Å²) in [4.78, 5) is 4.55. The van der Waals surface area contributed by atoms with E-state index in [0.29, 0.717) is 11.7 Å². The van der Waals surface area contributed by atoms with Crippen molar-refractivity contribution in [3.63, 3.8) is 0 Å². The van der Waals surface area contributed by atoms with Gasteiger partial charge in [-0.1, -0.05) is 36.2 Å². The fourth-order valence-corrected chi connectivity index (χ4v) is 3.21. The number of halogens is 1. The Labute approximate surface area is 146 Å². The first kappa shape index (κ1) is 16.7. The number of nitrogens with zero attached hydrogens (tertiary/aromatic N) is 4. The second-order valence-electron chi connectivity index (χ2n) is 6.18. The molecule has 0 unspecified atom stereocenters. The minimum absolute atomic E-state index is 0. The largest absolute Gasteiger partial charge is 0.334 e. The lowest BCUT2D eigenvalue weighted by atomic mass is 9.99. The van der Waals surface area contributed by atoms with Crippen LogP contribution in [0, 0.1) is 6.92 Å². The van der Waals surface area contributed by atoms with E-state index in [-0.39, 0.29) is 12.4 Å². The van der Waals surface area contributed by atoms with Crippen LogP contribution >= 0.6 is 12.4 Å². The molecular formula is C17H20ClN5O. The van der Waals surface area contributed by atoms with Crippen molar-refractivity contribution in [2.24, 2.45) is 5.73 Å². The van der Waals surface area contributed by atoms with Gasteiger partial charge in [-0.15, -0.1) is 12.4 Å². The molecule has 2 N–H and O–H groups in total. The third-order valence-corrected chi connectivity index (χ3v) is 4.61. The Balaban J connectivity index is 0.00000169. The lowest BCUT2D eigenvalue weighted by molar-refractivity contribution is 0.372. The highest BCUT2D eigenvalue weighted by Gasteiger charge is 2.36. The van der Waals surface area contributed by atoms with E-state index in [0.717, 1.165) is 42.6 Å². The summed E-state index contributed by atoms with van der Waals surface area (Å²) in [7, 11) is 0. The van der Waals surface area contributed by atoms with E-state index in [4.69, 9.17) is 10.3 Å². The molecule has 0 saturated heterocycles. The van der Waals surface area contributed by atoms with Crippen LogP contribution < -0.4 is 5.73 Å². The zero-order valence-corrected chi connectivity index (χ0v) is 14.3. The summed E-state index contributed by atoms with van der Waals surface area (Å²) >= 11 is 0. The summed E-state index contributed by atoms with van der Waals surface area (Å²) in [5.41, 5.74) is 8.77. The number of hydrogen-bond acceptors (Lipinski definition) is 5. The summed E-state index contributed by atoms with van der Waals surface area (Å²) in [6, 6.07) is 9.97. The van der Waals surface area contributed by atoms with Crippen LogP contribution in [0.15, 0.2) is 41.1 Å². The molecule has 3 aromatic rings. The maximum Gasteiger partial charge on any atom is 0.261 e. The van der Waals surface area contributed by atoms with E-state index < -0.39 is 5.54 Å². The molecule has 1 aliphatic carbocycles. The number of rotatable bonds is 3. The lowest BCUT2D eigenvalue weighted by Crippen LogP contribution is -2.34. The van der Waals surface area contributed by atoms with E-state index in [2.05, 4.69) is 15.2 Å². The Morgan fingerprint density at radius 3 is 2.58 bits per heavy atom. The summed E-state index contributed by atoms with van der Waals surface area (Å²) < 4.78 is 7.33. The van der Waals surface area contributed by atoms with Crippen LogP contribution in [0.3, 0.4) is 0 Å². The van der Waals surface area contributed by atoms with Crippen LogP contribution in [0.1, 0.15) is 37.2 Å². The molecule has 4 rings (SSSR count). The van der Waals surface area contributed by atoms with E-state index in [1.165, 1.54) is 0 Å². The average Bonchev–Trinajstić information content (AvgIpc) is 3.28. The van der Waals surface area contributed by atoms with E-state index in [1.807, 2.05) is 41.9 Å². The summed E-state index contributed by atoms with van der Waals surface area (Å²) in [6.45, 7) is 1.99. The first-order chi connectivity index (χ1) is 11.2. The van der Waals surface area contributed by atoms with Gasteiger partial charge in [0.1, 0.15) is 0 Å². The molecule has 1 fully saturated rings. The van der Waals surface area contributed by atoms with Crippen LogP contribution in [0.25, 0.3) is 17.1 Å². The molecule has 0 bridgehead atoms. The molecule has 0 radical (unpaired) electrons. The Kier molecular flexibility index (Phi) is 4.43. The van der Waals surface area contributed by atoms with E-state index in [9.17, 15) is 0 Å². The molecule has 0 aliphatic heterocycles. The van der Waals surface area contributed by atoms with Gasteiger partial charge in [-0.25, -0.2) is 4.68 Å². The molecule has 1 aliphatic rings. The topological polar surface area (TPSA) is 82.8 Å². The first-order valence-corrected chi connectivity index (χ1v) is 7.91. The zero-order chi connectivity index (χ0) is 15.9. The molecule has 0 spiro atoms. The van der Waals surface area contributed by atoms with Crippen molar-refractivity contribution in [1.29, 1.82) is 0 Å². The lowest BCUT2D eigenvalue weighted by Gasteiger charge is -2.17. The van der Waals surface area contributed by atoms with Crippen molar-refractivity contribution >= 4 is 12.4 Å². The van der Waals surface area contributed by atoms with Crippen LogP contribution in [0.2, 0.25) is 0 Å². The van der Waals surface area contributed by atoms with Crippen molar-refractivity contribution in [3.05, 3.63) is 48.0 Å². The second kappa shape index (κ2) is 6.37. The van der Waals surface area contributed by atoms with Crippen LogP contribution in [-0.2, 0) is 5.54 Å². The average molecular weight is 346 g/mol. The molecule has 2 aromatic heterocycles. The first-order valence-electron chi connectivity index (χ1n) is 7.91. The predicted octanol–water partition coefficient (Wildman–Crippen LogP) is 3.38. The van der Waals surface area contributed by atoms with Crippen molar-refractivity contribution < 1.29 is 4.52 Å². The van der Waals surface area contributed by atoms with Gasteiger partial charge in [-0.05, 0) is 31.9 Å². The van der Waals surface area contributed by atoms with Crippen molar-refractivity contribution in [2.75, 3.05) is 0 Å². The fraction of sp³-hybridized carbons (Fsp3) is 0.353. The molecule has 7 heteroatoms. The molecule has 2 heterocycles. The van der Waals surface area contributed by atoms with Gasteiger partial charge in [0.15, 0.2) is 5.82 Å². The van der Waals surface area contributed by atoms with E-state index >= 15 is 0 Å². The number of aromatic nitrogens is 4. The minimum atomic E-state index is -0.439. The van der Waals surface area contributed by atoms with Crippen LogP contribution in [-0.4, -0.2) is 19.9 Å². The van der Waals surface area contributed by atoms with E-state index in [1.54, 1.807) is 6.20 Å². The zero-order valence-electron chi connectivity index (χ0n) is 13.5. The molecule has 24 heavy (non-hydrogen) atoms. The monoisotopic (exact) mass is 345 g/mol. The minimum Gasteiger partial charge on any atom is -0.334 e. The van der Waals surface area contributed by atoms with Crippen LogP contribution in [0.4, 0.5) is 0 Å². The van der Waals surface area contributed by atoms with Gasteiger partial charge in [-0.3, -0.25) is 0 Å². The van der Waals surface area contributed by atoms with Crippen molar-refractivity contribution in [1.82, 2.24) is 19.9 Å². The predicted molar refractivity (Wildman–Crippen MR) is 93.2 cm³/mol. The maximum absolute atomic E-state index is 6.40. The molecule has 6 nitrogen and oxygen atoms in total. The highest BCUT2D eigenvalue weighted by atomic mass is 35.5. The van der Waals surface area contributed by atoms with Crippen molar-refractivity contribution in [2.45, 2.75) is 38.1 Å². The third-order valence-electron chi connectivity index (χ3n) is 4.61. The summed E-state index contributed by atoms with van der Waals surface area (Å²) in [6.07, 6.45) is 5.82. The number of benzene rings is 1. The van der Waals surface area contributed by atoms with Gasteiger partial charge in [0.05, 0.1) is 28.7 Å². The number of hydrogen-bond donors (Lipinski definition) is 1. The highest BCUT2D eigenvalue weighted by Crippen LogP contribution is 2.35. The van der Waals surface area contributed by atoms with Gasteiger partial charge in [-0.2, -0.15) is 10.1 Å². The van der Waals surface area contributed by atoms with Crippen molar-refractivity contribution in [3.8, 4) is 17.1 Å². The molecule has 126 valence electrons. The molecule has 1 saturated carbocycles. The molecule has 0 atom stereocenters. The Bertz CT molecular complexity index is 821.